The van der Waals surface area contributed by atoms with Crippen LogP contribution in [0.3, 0.4) is 0 Å². The molecule has 0 radical (unpaired) electrons. The smallest absolute Gasteiger partial charge is 0.101 e. The van der Waals surface area contributed by atoms with Gasteiger partial charge in [-0.2, -0.15) is 5.26 Å². The minimum absolute atomic E-state index is 0.161. The lowest BCUT2D eigenvalue weighted by atomic mass is 10.1. The van der Waals surface area contributed by atoms with Gasteiger partial charge in [0.2, 0.25) is 0 Å². The van der Waals surface area contributed by atoms with Gasteiger partial charge in [-0.25, -0.2) is 0 Å². The number of halogens is 1. The first-order chi connectivity index (χ1) is 8.60. The van der Waals surface area contributed by atoms with Gasteiger partial charge >= 0.3 is 0 Å². The number of nitriles is 1. The van der Waals surface area contributed by atoms with E-state index >= 15 is 0 Å². The average Bonchev–Trinajstić information content (AvgIpc) is 2.76. The van der Waals surface area contributed by atoms with Crippen LogP contribution in [0.25, 0.3) is 0 Å². The van der Waals surface area contributed by atoms with E-state index in [1.165, 1.54) is 9.75 Å². The predicted molar refractivity (Wildman–Crippen MR) is 77.3 cm³/mol. The van der Waals surface area contributed by atoms with Crippen molar-refractivity contribution in [2.24, 2.45) is 0 Å². The molecule has 1 N–H and O–H groups in total. The van der Waals surface area contributed by atoms with Crippen molar-refractivity contribution in [2.45, 2.75) is 19.9 Å². The zero-order chi connectivity index (χ0) is 13.1. The second-order valence-corrected chi connectivity index (χ2v) is 5.87. The first-order valence-electron chi connectivity index (χ1n) is 5.62. The maximum atomic E-state index is 9.07. The summed E-state index contributed by atoms with van der Waals surface area (Å²) in [4.78, 5) is 2.53. The molecule has 0 amide bonds. The molecule has 0 aliphatic heterocycles. The van der Waals surface area contributed by atoms with E-state index in [0.29, 0.717) is 10.6 Å². The zero-order valence-corrected chi connectivity index (χ0v) is 11.8. The van der Waals surface area contributed by atoms with Gasteiger partial charge in [-0.3, -0.25) is 0 Å². The first-order valence-corrected chi connectivity index (χ1v) is 6.82. The van der Waals surface area contributed by atoms with Gasteiger partial charge < -0.3 is 5.32 Å². The number of benzene rings is 1. The topological polar surface area (TPSA) is 35.8 Å². The van der Waals surface area contributed by atoms with Crippen LogP contribution in [-0.4, -0.2) is 0 Å². The van der Waals surface area contributed by atoms with Crippen LogP contribution in [0.15, 0.2) is 30.3 Å². The Kier molecular flexibility index (Phi) is 3.90. The summed E-state index contributed by atoms with van der Waals surface area (Å²) in [6.07, 6.45) is 0. The van der Waals surface area contributed by atoms with Crippen LogP contribution < -0.4 is 5.32 Å². The van der Waals surface area contributed by atoms with Crippen LogP contribution in [0.5, 0.6) is 0 Å². The molecule has 0 saturated carbocycles. The molecule has 0 aliphatic carbocycles. The molecule has 1 aromatic carbocycles. The molecule has 4 heteroatoms. The molecule has 0 saturated heterocycles. The fourth-order valence-electron chi connectivity index (χ4n) is 1.72. The van der Waals surface area contributed by atoms with Crippen molar-refractivity contribution in [3.63, 3.8) is 0 Å². The summed E-state index contributed by atoms with van der Waals surface area (Å²) < 4.78 is 0. The van der Waals surface area contributed by atoms with E-state index in [-0.39, 0.29) is 6.04 Å². The molecule has 0 aliphatic rings. The molecule has 1 unspecified atom stereocenters. The Balaban J connectivity index is 2.24. The van der Waals surface area contributed by atoms with Crippen molar-refractivity contribution in [1.29, 1.82) is 5.26 Å². The van der Waals surface area contributed by atoms with E-state index in [1.807, 2.05) is 0 Å². The molecule has 1 heterocycles. The summed E-state index contributed by atoms with van der Waals surface area (Å²) in [5, 5.41) is 13.0. The lowest BCUT2D eigenvalue weighted by Gasteiger charge is -2.15. The van der Waals surface area contributed by atoms with Crippen LogP contribution in [0.2, 0.25) is 5.02 Å². The number of thiophene rings is 1. The Hall–Kier alpha value is -1.50. The molecule has 0 bridgehead atoms. The van der Waals surface area contributed by atoms with Crippen molar-refractivity contribution < 1.29 is 0 Å². The van der Waals surface area contributed by atoms with Gasteiger partial charge in [-0.15, -0.1) is 11.3 Å². The van der Waals surface area contributed by atoms with E-state index in [4.69, 9.17) is 16.9 Å². The molecule has 1 atom stereocenters. The lowest BCUT2D eigenvalue weighted by Crippen LogP contribution is -2.06. The molecular formula is C14H13ClN2S. The Morgan fingerprint density at radius 1 is 1.33 bits per heavy atom. The Bertz CT molecular complexity index is 598. The summed E-state index contributed by atoms with van der Waals surface area (Å²) in [5.74, 6) is 0. The normalized spacial score (nSPS) is 11.9. The van der Waals surface area contributed by atoms with Gasteiger partial charge in [0.05, 0.1) is 17.3 Å². The first kappa shape index (κ1) is 12.9. The number of nitrogens with zero attached hydrogens (tertiary/aromatic N) is 1. The van der Waals surface area contributed by atoms with Crippen molar-refractivity contribution in [2.75, 3.05) is 5.32 Å². The second kappa shape index (κ2) is 5.43. The number of hydrogen-bond acceptors (Lipinski definition) is 3. The van der Waals surface area contributed by atoms with Crippen LogP contribution in [0.1, 0.15) is 28.3 Å². The van der Waals surface area contributed by atoms with E-state index in [0.717, 1.165) is 5.69 Å². The third-order valence-corrected chi connectivity index (χ3v) is 4.08. The number of hydrogen-bond donors (Lipinski definition) is 1. The van der Waals surface area contributed by atoms with Crippen molar-refractivity contribution >= 4 is 28.6 Å². The SMILES string of the molecule is Cc1ccc(C(C)Nc2cc(Cl)ccc2C#N)s1. The third kappa shape index (κ3) is 2.84. The fraction of sp³-hybridized carbons (Fsp3) is 0.214. The molecule has 92 valence electrons. The number of rotatable bonds is 3. The van der Waals surface area contributed by atoms with Gasteiger partial charge in [-0.1, -0.05) is 11.6 Å². The minimum atomic E-state index is 0.161. The number of anilines is 1. The Morgan fingerprint density at radius 2 is 2.11 bits per heavy atom. The van der Waals surface area contributed by atoms with Crippen LogP contribution in [-0.2, 0) is 0 Å². The lowest BCUT2D eigenvalue weighted by molar-refractivity contribution is 0.907. The molecular weight excluding hydrogens is 264 g/mol. The highest BCUT2D eigenvalue weighted by Crippen LogP contribution is 2.28. The van der Waals surface area contributed by atoms with Gasteiger partial charge in [0.15, 0.2) is 0 Å². The number of nitrogens with one attached hydrogen (secondary N) is 1. The highest BCUT2D eigenvalue weighted by molar-refractivity contribution is 7.12. The van der Waals surface area contributed by atoms with Crippen molar-refractivity contribution in [3.8, 4) is 6.07 Å². The van der Waals surface area contributed by atoms with E-state index < -0.39 is 0 Å². The zero-order valence-electron chi connectivity index (χ0n) is 10.2. The summed E-state index contributed by atoms with van der Waals surface area (Å²) in [5.41, 5.74) is 1.39. The monoisotopic (exact) mass is 276 g/mol. The fourth-order valence-corrected chi connectivity index (χ4v) is 2.78. The second-order valence-electron chi connectivity index (χ2n) is 4.12. The molecule has 0 fully saturated rings. The van der Waals surface area contributed by atoms with E-state index in [9.17, 15) is 0 Å². The summed E-state index contributed by atoms with van der Waals surface area (Å²) in [6.45, 7) is 4.16. The maximum absolute atomic E-state index is 9.07. The third-order valence-electron chi connectivity index (χ3n) is 2.66. The standard InChI is InChI=1S/C14H13ClN2S/c1-9-3-6-14(18-9)10(2)17-13-7-12(15)5-4-11(13)8-16/h3-7,10,17H,1-2H3. The highest BCUT2D eigenvalue weighted by atomic mass is 35.5. The maximum Gasteiger partial charge on any atom is 0.101 e. The van der Waals surface area contributed by atoms with Crippen LogP contribution in [0, 0.1) is 18.3 Å². The minimum Gasteiger partial charge on any atom is -0.377 e. The van der Waals surface area contributed by atoms with Gasteiger partial charge in [0.25, 0.3) is 0 Å². The molecule has 0 spiro atoms. The van der Waals surface area contributed by atoms with Crippen molar-refractivity contribution in [1.82, 2.24) is 0 Å². The van der Waals surface area contributed by atoms with Crippen LogP contribution >= 0.6 is 22.9 Å². The molecule has 18 heavy (non-hydrogen) atoms. The van der Waals surface area contributed by atoms with E-state index in [1.54, 1.807) is 29.5 Å². The molecule has 2 nitrogen and oxygen atoms in total. The number of aryl methyl sites for hydroxylation is 1. The molecule has 2 rings (SSSR count). The van der Waals surface area contributed by atoms with E-state index in [2.05, 4.69) is 37.4 Å². The average molecular weight is 277 g/mol. The van der Waals surface area contributed by atoms with Crippen LogP contribution in [0.4, 0.5) is 5.69 Å². The summed E-state index contributed by atoms with van der Waals surface area (Å²) in [7, 11) is 0. The van der Waals surface area contributed by atoms with Gasteiger partial charge in [0.1, 0.15) is 6.07 Å². The summed E-state index contributed by atoms with van der Waals surface area (Å²) in [6, 6.07) is 11.8. The summed E-state index contributed by atoms with van der Waals surface area (Å²) >= 11 is 7.71. The molecule has 2 aromatic rings. The molecule has 1 aromatic heterocycles. The Labute approximate surface area is 116 Å². The van der Waals surface area contributed by atoms with Gasteiger partial charge in [-0.05, 0) is 44.2 Å². The largest absolute Gasteiger partial charge is 0.377 e. The Morgan fingerprint density at radius 3 is 2.72 bits per heavy atom. The predicted octanol–water partition coefficient (Wildman–Crippen LogP) is 4.75. The quantitative estimate of drug-likeness (QED) is 0.878. The highest BCUT2D eigenvalue weighted by Gasteiger charge is 2.10. The van der Waals surface area contributed by atoms with Gasteiger partial charge in [0, 0.05) is 14.8 Å². The van der Waals surface area contributed by atoms with Crippen molar-refractivity contribution in [3.05, 3.63) is 50.7 Å².